The number of ether oxygens (including phenoxy) is 2. The van der Waals surface area contributed by atoms with E-state index < -0.39 is 0 Å². The van der Waals surface area contributed by atoms with Gasteiger partial charge in [-0.25, -0.2) is 0 Å². The Labute approximate surface area is 117 Å². The summed E-state index contributed by atoms with van der Waals surface area (Å²) >= 11 is 0. The molecule has 0 radical (unpaired) electrons. The minimum absolute atomic E-state index is 0.711. The molecule has 3 aliphatic rings. The van der Waals surface area contributed by atoms with E-state index in [9.17, 15) is 0 Å². The van der Waals surface area contributed by atoms with E-state index in [2.05, 4.69) is 5.32 Å². The lowest BCUT2D eigenvalue weighted by atomic mass is 9.79. The molecule has 0 amide bonds. The van der Waals surface area contributed by atoms with Gasteiger partial charge in [0.25, 0.3) is 0 Å². The Morgan fingerprint density at radius 2 is 1.89 bits per heavy atom. The largest absolute Gasteiger partial charge is 0.382 e. The molecule has 5 unspecified atom stereocenters. The van der Waals surface area contributed by atoms with Gasteiger partial charge >= 0.3 is 0 Å². The fraction of sp³-hybridized carbons (Fsp3) is 1.00. The monoisotopic (exact) mass is 267 g/mol. The van der Waals surface area contributed by atoms with Crippen molar-refractivity contribution in [2.45, 2.75) is 44.6 Å². The molecule has 0 aromatic carbocycles. The van der Waals surface area contributed by atoms with Crippen molar-refractivity contribution < 1.29 is 9.47 Å². The van der Waals surface area contributed by atoms with Crippen LogP contribution >= 0.6 is 0 Å². The summed E-state index contributed by atoms with van der Waals surface area (Å²) in [4.78, 5) is 0. The van der Waals surface area contributed by atoms with Crippen molar-refractivity contribution in [2.75, 3.05) is 33.5 Å². The zero-order valence-electron chi connectivity index (χ0n) is 12.3. The molecule has 0 aliphatic heterocycles. The van der Waals surface area contributed by atoms with Gasteiger partial charge in [-0.1, -0.05) is 6.42 Å². The minimum Gasteiger partial charge on any atom is -0.382 e. The Hall–Kier alpha value is -0.120. The molecule has 0 heterocycles. The molecule has 0 aromatic rings. The Morgan fingerprint density at radius 1 is 1.00 bits per heavy atom. The van der Waals surface area contributed by atoms with Crippen molar-refractivity contribution in [3.8, 4) is 0 Å². The fourth-order valence-electron chi connectivity index (χ4n) is 5.01. The van der Waals surface area contributed by atoms with Gasteiger partial charge in [0, 0.05) is 19.8 Å². The Kier molecular flexibility index (Phi) is 4.78. The van der Waals surface area contributed by atoms with Crippen LogP contribution in [0.1, 0.15) is 38.5 Å². The van der Waals surface area contributed by atoms with E-state index in [0.29, 0.717) is 6.61 Å². The van der Waals surface area contributed by atoms with Gasteiger partial charge in [0.05, 0.1) is 13.2 Å². The molecule has 0 aromatic heterocycles. The molecule has 3 nitrogen and oxygen atoms in total. The van der Waals surface area contributed by atoms with Crippen LogP contribution in [-0.2, 0) is 9.47 Å². The van der Waals surface area contributed by atoms with Crippen molar-refractivity contribution in [3.05, 3.63) is 0 Å². The third kappa shape index (κ3) is 2.98. The van der Waals surface area contributed by atoms with Crippen molar-refractivity contribution >= 4 is 0 Å². The van der Waals surface area contributed by atoms with Crippen LogP contribution in [0.3, 0.4) is 0 Å². The van der Waals surface area contributed by atoms with E-state index in [4.69, 9.17) is 9.47 Å². The molecular weight excluding hydrogens is 238 g/mol. The summed E-state index contributed by atoms with van der Waals surface area (Å²) in [5.74, 6) is 4.26. The number of hydrogen-bond donors (Lipinski definition) is 1. The van der Waals surface area contributed by atoms with Crippen molar-refractivity contribution in [1.29, 1.82) is 0 Å². The predicted molar refractivity (Wildman–Crippen MR) is 76.1 cm³/mol. The molecule has 3 fully saturated rings. The standard InChI is InChI=1S/C16H29NO2/c1-18-8-9-19-7-3-6-17-16-11-12-10-15(16)14-5-2-4-13(12)14/h12-17H,2-11H2,1H3. The molecule has 0 saturated heterocycles. The van der Waals surface area contributed by atoms with Crippen LogP contribution in [0, 0.1) is 23.7 Å². The molecule has 5 atom stereocenters. The van der Waals surface area contributed by atoms with Crippen molar-refractivity contribution in [2.24, 2.45) is 23.7 Å². The van der Waals surface area contributed by atoms with E-state index in [0.717, 1.165) is 55.9 Å². The van der Waals surface area contributed by atoms with Gasteiger partial charge in [-0.2, -0.15) is 0 Å². The van der Waals surface area contributed by atoms with Crippen molar-refractivity contribution in [1.82, 2.24) is 5.32 Å². The van der Waals surface area contributed by atoms with Gasteiger partial charge in [-0.05, 0) is 62.3 Å². The van der Waals surface area contributed by atoms with E-state index in [1.54, 1.807) is 7.11 Å². The van der Waals surface area contributed by atoms with Gasteiger partial charge in [0.1, 0.15) is 0 Å². The molecule has 3 saturated carbocycles. The SMILES string of the molecule is COCCOCCCNC1CC2CC1C1CCCC21. The fourth-order valence-corrected chi connectivity index (χ4v) is 5.01. The highest BCUT2D eigenvalue weighted by molar-refractivity contribution is 5.05. The van der Waals surface area contributed by atoms with Crippen LogP contribution < -0.4 is 5.32 Å². The van der Waals surface area contributed by atoms with Gasteiger partial charge in [0.2, 0.25) is 0 Å². The average molecular weight is 267 g/mol. The molecule has 3 aliphatic carbocycles. The second-order valence-corrected chi connectivity index (χ2v) is 6.67. The van der Waals surface area contributed by atoms with Crippen LogP contribution in [0.4, 0.5) is 0 Å². The zero-order valence-corrected chi connectivity index (χ0v) is 12.3. The Balaban J connectivity index is 1.30. The second-order valence-electron chi connectivity index (χ2n) is 6.67. The molecule has 19 heavy (non-hydrogen) atoms. The normalized spacial score (nSPS) is 39.9. The number of methoxy groups -OCH3 is 1. The number of rotatable bonds is 8. The van der Waals surface area contributed by atoms with E-state index in [1.165, 1.54) is 32.1 Å². The summed E-state index contributed by atoms with van der Waals surface area (Å²) in [6, 6.07) is 0.823. The van der Waals surface area contributed by atoms with Gasteiger partial charge < -0.3 is 14.8 Å². The van der Waals surface area contributed by atoms with Crippen LogP contribution in [0.15, 0.2) is 0 Å². The third-order valence-corrected chi connectivity index (χ3v) is 5.73. The first-order valence-electron chi connectivity index (χ1n) is 8.20. The molecule has 110 valence electrons. The summed E-state index contributed by atoms with van der Waals surface area (Å²) in [5, 5.41) is 3.81. The molecule has 3 rings (SSSR count). The van der Waals surface area contributed by atoms with E-state index in [-0.39, 0.29) is 0 Å². The highest BCUT2D eigenvalue weighted by Crippen LogP contribution is 2.58. The van der Waals surface area contributed by atoms with Crippen LogP contribution in [0.25, 0.3) is 0 Å². The van der Waals surface area contributed by atoms with E-state index in [1.807, 2.05) is 0 Å². The lowest BCUT2D eigenvalue weighted by molar-refractivity contribution is 0.0687. The highest BCUT2D eigenvalue weighted by Gasteiger charge is 2.53. The first-order chi connectivity index (χ1) is 9.40. The maximum atomic E-state index is 5.51. The smallest absolute Gasteiger partial charge is 0.0700 e. The Bertz CT molecular complexity index is 284. The lowest BCUT2D eigenvalue weighted by Gasteiger charge is -2.32. The summed E-state index contributed by atoms with van der Waals surface area (Å²) in [7, 11) is 1.72. The Morgan fingerprint density at radius 3 is 2.79 bits per heavy atom. The maximum Gasteiger partial charge on any atom is 0.0700 e. The van der Waals surface area contributed by atoms with E-state index >= 15 is 0 Å². The molecule has 0 spiro atoms. The summed E-state index contributed by atoms with van der Waals surface area (Å²) < 4.78 is 10.5. The zero-order chi connectivity index (χ0) is 13.1. The summed E-state index contributed by atoms with van der Waals surface area (Å²) in [5.41, 5.74) is 0. The first kappa shape index (κ1) is 13.8. The predicted octanol–water partition coefficient (Wildman–Crippen LogP) is 2.45. The second kappa shape index (κ2) is 6.55. The molecular formula is C16H29NO2. The van der Waals surface area contributed by atoms with Crippen molar-refractivity contribution in [3.63, 3.8) is 0 Å². The topological polar surface area (TPSA) is 30.5 Å². The van der Waals surface area contributed by atoms with Crippen LogP contribution in [0.5, 0.6) is 0 Å². The molecule has 3 heteroatoms. The minimum atomic E-state index is 0.711. The van der Waals surface area contributed by atoms with Gasteiger partial charge in [-0.3, -0.25) is 0 Å². The lowest BCUT2D eigenvalue weighted by Crippen LogP contribution is -2.39. The number of hydrogen-bond acceptors (Lipinski definition) is 3. The maximum absolute atomic E-state index is 5.51. The summed E-state index contributed by atoms with van der Waals surface area (Å²) in [6.07, 6.45) is 8.66. The van der Waals surface area contributed by atoms with Gasteiger partial charge in [0.15, 0.2) is 0 Å². The average Bonchev–Trinajstić information content (AvgIpc) is 3.09. The third-order valence-electron chi connectivity index (χ3n) is 5.73. The van der Waals surface area contributed by atoms with Crippen LogP contribution in [0.2, 0.25) is 0 Å². The highest BCUT2D eigenvalue weighted by atomic mass is 16.5. The number of nitrogens with one attached hydrogen (secondary N) is 1. The van der Waals surface area contributed by atoms with Crippen LogP contribution in [-0.4, -0.2) is 39.5 Å². The first-order valence-corrected chi connectivity index (χ1v) is 8.20. The summed E-state index contributed by atoms with van der Waals surface area (Å²) in [6.45, 7) is 3.43. The van der Waals surface area contributed by atoms with Gasteiger partial charge in [-0.15, -0.1) is 0 Å². The quantitative estimate of drug-likeness (QED) is 0.685. The molecule has 2 bridgehead atoms. The number of fused-ring (bicyclic) bond motifs is 5. The molecule has 1 N–H and O–H groups in total.